The van der Waals surface area contributed by atoms with Gasteiger partial charge in [-0.1, -0.05) is 84.6 Å². The summed E-state index contributed by atoms with van der Waals surface area (Å²) in [6, 6.07) is 26.2. The molecule has 0 aliphatic rings. The van der Waals surface area contributed by atoms with Gasteiger partial charge in [-0.25, -0.2) is 4.98 Å². The van der Waals surface area contributed by atoms with Crippen LogP contribution in [0.15, 0.2) is 94.9 Å². The monoisotopic (exact) mass is 400 g/mol. The van der Waals surface area contributed by atoms with Gasteiger partial charge >= 0.3 is 0 Å². The maximum atomic E-state index is 13.4. The molecular weight excluding hydrogens is 380 g/mol. The second-order valence-electron chi connectivity index (χ2n) is 6.60. The van der Waals surface area contributed by atoms with E-state index in [1.165, 1.54) is 11.8 Å². The van der Waals surface area contributed by atoms with E-state index in [4.69, 9.17) is 4.98 Å². The zero-order chi connectivity index (χ0) is 20.2. The Kier molecular flexibility index (Phi) is 5.58. The lowest BCUT2D eigenvalue weighted by Crippen LogP contribution is -2.23. The number of hydrogen-bond donors (Lipinski definition) is 0. The molecule has 1 atom stereocenters. The summed E-state index contributed by atoms with van der Waals surface area (Å²) in [5.41, 5.74) is 2.08. The molecule has 1 aromatic heterocycles. The number of carbonyl (C=O) groups is 1. The number of aromatic nitrogens is 2. The van der Waals surface area contributed by atoms with Crippen molar-refractivity contribution in [1.82, 2.24) is 9.55 Å². The number of ketones is 1. The minimum atomic E-state index is -0.496. The second kappa shape index (κ2) is 8.45. The zero-order valence-electron chi connectivity index (χ0n) is 16.0. The number of carbonyl (C=O) groups excluding carboxylic acids is 1. The van der Waals surface area contributed by atoms with Crippen molar-refractivity contribution in [1.29, 1.82) is 0 Å². The number of hydrogen-bond acceptors (Lipinski definition) is 4. The van der Waals surface area contributed by atoms with Crippen LogP contribution < -0.4 is 5.56 Å². The molecule has 1 heterocycles. The van der Waals surface area contributed by atoms with Crippen molar-refractivity contribution in [3.8, 4) is 0 Å². The number of para-hydroxylation sites is 1. The maximum Gasteiger partial charge on any atom is 0.262 e. The van der Waals surface area contributed by atoms with E-state index < -0.39 is 5.25 Å². The summed E-state index contributed by atoms with van der Waals surface area (Å²) in [6.07, 6.45) is 0. The lowest BCUT2D eigenvalue weighted by molar-refractivity contribution is 0.0989. The minimum absolute atomic E-state index is 0.00754. The third-order valence-corrected chi connectivity index (χ3v) is 6.01. The molecule has 0 unspecified atom stereocenters. The van der Waals surface area contributed by atoms with Crippen LogP contribution >= 0.6 is 11.8 Å². The number of fused-ring (bicyclic) bond motifs is 1. The number of benzene rings is 3. The van der Waals surface area contributed by atoms with Crippen LogP contribution in [0.25, 0.3) is 10.9 Å². The van der Waals surface area contributed by atoms with Gasteiger partial charge < -0.3 is 0 Å². The van der Waals surface area contributed by atoms with Crippen molar-refractivity contribution in [2.75, 3.05) is 0 Å². The Hall–Kier alpha value is -3.18. The highest BCUT2D eigenvalue weighted by molar-refractivity contribution is 8.00. The van der Waals surface area contributed by atoms with Gasteiger partial charge in [0.25, 0.3) is 5.56 Å². The molecule has 3 aromatic carbocycles. The predicted octanol–water partition coefficient (Wildman–Crippen LogP) is 5.13. The van der Waals surface area contributed by atoms with Crippen molar-refractivity contribution in [3.05, 3.63) is 106 Å². The third-order valence-electron chi connectivity index (χ3n) is 4.76. The first-order chi connectivity index (χ1) is 14.2. The number of thioether (sulfide) groups is 1. The summed E-state index contributed by atoms with van der Waals surface area (Å²) in [7, 11) is 0. The van der Waals surface area contributed by atoms with Crippen LogP contribution in [0, 0.1) is 0 Å². The first kappa shape index (κ1) is 19.2. The van der Waals surface area contributed by atoms with Crippen LogP contribution in [-0.2, 0) is 6.54 Å². The fraction of sp³-hybridized carbons (Fsp3) is 0.125. The summed E-state index contributed by atoms with van der Waals surface area (Å²) < 4.78 is 1.64. The fourth-order valence-corrected chi connectivity index (χ4v) is 4.51. The SMILES string of the molecule is CCn1c(S[C@H](C(=O)c2ccccc2)c2ccccc2)nc2ccccc2c1=O. The number of nitrogens with zero attached hydrogens (tertiary/aromatic N) is 2. The van der Waals surface area contributed by atoms with Crippen LogP contribution in [0.2, 0.25) is 0 Å². The van der Waals surface area contributed by atoms with Gasteiger partial charge in [-0.05, 0) is 24.6 Å². The Morgan fingerprint density at radius 3 is 2.24 bits per heavy atom. The van der Waals surface area contributed by atoms with E-state index >= 15 is 0 Å². The zero-order valence-corrected chi connectivity index (χ0v) is 16.8. The quantitative estimate of drug-likeness (QED) is 0.256. The van der Waals surface area contributed by atoms with Crippen LogP contribution in [0.4, 0.5) is 0 Å². The lowest BCUT2D eigenvalue weighted by atomic mass is 10.0. The van der Waals surface area contributed by atoms with Crippen molar-refractivity contribution in [2.24, 2.45) is 0 Å². The second-order valence-corrected chi connectivity index (χ2v) is 7.67. The van der Waals surface area contributed by atoms with E-state index in [0.717, 1.165) is 5.56 Å². The predicted molar refractivity (Wildman–Crippen MR) is 117 cm³/mol. The molecule has 29 heavy (non-hydrogen) atoms. The average molecular weight is 401 g/mol. The van der Waals surface area contributed by atoms with Crippen LogP contribution in [-0.4, -0.2) is 15.3 Å². The first-order valence-corrected chi connectivity index (χ1v) is 10.4. The van der Waals surface area contributed by atoms with Crippen molar-refractivity contribution >= 4 is 28.4 Å². The Morgan fingerprint density at radius 1 is 0.931 bits per heavy atom. The van der Waals surface area contributed by atoms with Gasteiger partial charge in [-0.3, -0.25) is 14.2 Å². The molecule has 0 bridgehead atoms. The standard InChI is InChI=1S/C24H20N2O2S/c1-2-26-23(28)19-15-9-10-16-20(19)25-24(26)29-22(18-13-7-4-8-14-18)21(27)17-11-5-3-6-12-17/h3-16,22H,2H2,1H3/t22-/m0/s1. The summed E-state index contributed by atoms with van der Waals surface area (Å²) >= 11 is 1.33. The van der Waals surface area contributed by atoms with E-state index in [1.807, 2.05) is 85.8 Å². The highest BCUT2D eigenvalue weighted by Crippen LogP contribution is 2.37. The number of rotatable bonds is 6. The van der Waals surface area contributed by atoms with E-state index in [9.17, 15) is 9.59 Å². The van der Waals surface area contributed by atoms with Crippen LogP contribution in [0.5, 0.6) is 0 Å². The average Bonchev–Trinajstić information content (AvgIpc) is 2.78. The number of Topliss-reactive ketones (excluding diaryl/α,β-unsaturated/α-hetero) is 1. The van der Waals surface area contributed by atoms with Crippen molar-refractivity contribution in [3.63, 3.8) is 0 Å². The fourth-order valence-electron chi connectivity index (χ4n) is 3.28. The van der Waals surface area contributed by atoms with Crippen molar-refractivity contribution < 1.29 is 4.79 Å². The molecular formula is C24H20N2O2S. The maximum absolute atomic E-state index is 13.4. The Balaban J connectivity index is 1.83. The first-order valence-electron chi connectivity index (χ1n) is 9.49. The van der Waals surface area contributed by atoms with Gasteiger partial charge in [0.05, 0.1) is 10.9 Å². The van der Waals surface area contributed by atoms with E-state index in [0.29, 0.717) is 28.2 Å². The summed E-state index contributed by atoms with van der Waals surface area (Å²) in [6.45, 7) is 2.40. The summed E-state index contributed by atoms with van der Waals surface area (Å²) in [4.78, 5) is 31.0. The molecule has 0 aliphatic carbocycles. The van der Waals surface area contributed by atoms with Gasteiger partial charge in [0, 0.05) is 12.1 Å². The smallest absolute Gasteiger partial charge is 0.262 e. The Morgan fingerprint density at radius 2 is 1.55 bits per heavy atom. The molecule has 4 aromatic rings. The lowest BCUT2D eigenvalue weighted by Gasteiger charge is -2.18. The molecule has 0 aliphatic heterocycles. The molecule has 0 spiro atoms. The van der Waals surface area contributed by atoms with Gasteiger partial charge in [0.2, 0.25) is 0 Å². The Bertz CT molecular complexity index is 1200. The minimum Gasteiger partial charge on any atom is -0.293 e. The van der Waals surface area contributed by atoms with Crippen LogP contribution in [0.3, 0.4) is 0 Å². The highest BCUT2D eigenvalue weighted by atomic mass is 32.2. The topological polar surface area (TPSA) is 52.0 Å². The Labute approximate surface area is 173 Å². The summed E-state index contributed by atoms with van der Waals surface area (Å²) in [5, 5.41) is 0.642. The van der Waals surface area contributed by atoms with E-state index in [2.05, 4.69) is 0 Å². The van der Waals surface area contributed by atoms with Gasteiger partial charge in [0.1, 0.15) is 5.25 Å². The molecule has 0 N–H and O–H groups in total. The molecule has 4 nitrogen and oxygen atoms in total. The summed E-state index contributed by atoms with van der Waals surface area (Å²) in [5.74, 6) is -0.00754. The molecule has 0 fully saturated rings. The molecule has 0 saturated heterocycles. The molecule has 4 rings (SSSR count). The normalized spacial score (nSPS) is 12.0. The van der Waals surface area contributed by atoms with E-state index in [1.54, 1.807) is 10.6 Å². The van der Waals surface area contributed by atoms with Gasteiger partial charge in [-0.2, -0.15) is 0 Å². The van der Waals surface area contributed by atoms with Gasteiger partial charge in [0.15, 0.2) is 10.9 Å². The van der Waals surface area contributed by atoms with E-state index in [-0.39, 0.29) is 11.3 Å². The molecule has 0 radical (unpaired) electrons. The molecule has 5 heteroatoms. The highest BCUT2D eigenvalue weighted by Gasteiger charge is 2.25. The largest absolute Gasteiger partial charge is 0.293 e. The molecule has 144 valence electrons. The van der Waals surface area contributed by atoms with Gasteiger partial charge in [-0.15, -0.1) is 0 Å². The van der Waals surface area contributed by atoms with Crippen molar-refractivity contribution in [2.45, 2.75) is 23.9 Å². The third kappa shape index (κ3) is 3.87. The molecule has 0 saturated carbocycles. The molecule has 0 amide bonds. The van der Waals surface area contributed by atoms with Crippen LogP contribution in [0.1, 0.15) is 28.1 Å².